The summed E-state index contributed by atoms with van der Waals surface area (Å²) in [5, 5.41) is 0. The fourth-order valence-corrected chi connectivity index (χ4v) is 4.56. The fraction of sp³-hybridized carbons (Fsp3) is 0.227. The van der Waals surface area contributed by atoms with Crippen LogP contribution in [0.3, 0.4) is 0 Å². The van der Waals surface area contributed by atoms with Crippen molar-refractivity contribution < 1.29 is 17.9 Å². The van der Waals surface area contributed by atoms with E-state index < -0.39 is 10.0 Å². The first-order valence-corrected chi connectivity index (χ1v) is 10.6. The number of ether oxygens (including phenoxy) is 2. The summed E-state index contributed by atoms with van der Waals surface area (Å²) < 4.78 is 39.1. The second-order valence-corrected chi connectivity index (χ2v) is 8.32. The van der Waals surface area contributed by atoms with Crippen molar-refractivity contribution in [2.75, 3.05) is 20.8 Å². The lowest BCUT2D eigenvalue weighted by atomic mass is 10.1. The minimum absolute atomic E-state index is 0.0725. The zero-order valence-electron chi connectivity index (χ0n) is 16.5. The molecule has 0 aliphatic carbocycles. The number of benzene rings is 2. The van der Waals surface area contributed by atoms with E-state index in [4.69, 9.17) is 9.47 Å². The van der Waals surface area contributed by atoms with Gasteiger partial charge >= 0.3 is 0 Å². The van der Waals surface area contributed by atoms with Gasteiger partial charge in [0.15, 0.2) is 0 Å². The quantitative estimate of drug-likeness (QED) is 0.538. The van der Waals surface area contributed by atoms with Gasteiger partial charge < -0.3 is 9.47 Å². The van der Waals surface area contributed by atoms with Crippen LogP contribution >= 0.6 is 0 Å². The third-order valence-corrected chi connectivity index (χ3v) is 6.41. The molecular weight excluding hydrogens is 388 g/mol. The van der Waals surface area contributed by atoms with Crippen LogP contribution in [0.25, 0.3) is 0 Å². The second-order valence-electron chi connectivity index (χ2n) is 6.41. The molecule has 3 aromatic rings. The normalized spacial score (nSPS) is 11.4. The van der Waals surface area contributed by atoms with Crippen LogP contribution in [-0.4, -0.2) is 38.5 Å². The molecule has 0 N–H and O–H groups in total. The third kappa shape index (κ3) is 5.13. The molecule has 0 amide bonds. The Morgan fingerprint density at radius 2 is 1.69 bits per heavy atom. The third-order valence-electron chi connectivity index (χ3n) is 4.55. The Balaban J connectivity index is 1.97. The van der Waals surface area contributed by atoms with Gasteiger partial charge in [0, 0.05) is 18.8 Å². The Morgan fingerprint density at radius 1 is 0.931 bits per heavy atom. The van der Waals surface area contributed by atoms with Crippen LogP contribution < -0.4 is 9.47 Å². The van der Waals surface area contributed by atoms with Gasteiger partial charge in [-0.05, 0) is 36.2 Å². The standard InChI is InChI=1S/C22H24N2O4S/c1-27-20-11-12-21(28-2)22(16-20)29(25,26)24(17-19-10-6-7-14-23-19)15-13-18-8-4-3-5-9-18/h3-12,14,16H,13,15,17H2,1-2H3. The summed E-state index contributed by atoms with van der Waals surface area (Å²) in [7, 11) is -0.905. The average Bonchev–Trinajstić information content (AvgIpc) is 2.77. The number of nitrogens with zero attached hydrogens (tertiary/aromatic N) is 2. The largest absolute Gasteiger partial charge is 0.497 e. The van der Waals surface area contributed by atoms with Crippen LogP contribution in [0.4, 0.5) is 0 Å². The van der Waals surface area contributed by atoms with E-state index in [9.17, 15) is 8.42 Å². The summed E-state index contributed by atoms with van der Waals surface area (Å²) in [6.07, 6.45) is 2.24. The predicted molar refractivity (Wildman–Crippen MR) is 112 cm³/mol. The van der Waals surface area contributed by atoms with E-state index in [1.807, 2.05) is 42.5 Å². The molecule has 0 unspecified atom stereocenters. The van der Waals surface area contributed by atoms with Crippen LogP contribution in [0.1, 0.15) is 11.3 Å². The number of rotatable bonds is 9. The highest BCUT2D eigenvalue weighted by Gasteiger charge is 2.28. The van der Waals surface area contributed by atoms with Crippen molar-refractivity contribution in [2.24, 2.45) is 0 Å². The van der Waals surface area contributed by atoms with Gasteiger partial charge in [0.2, 0.25) is 10.0 Å². The molecule has 0 atom stereocenters. The molecule has 1 heterocycles. The topological polar surface area (TPSA) is 68.7 Å². The lowest BCUT2D eigenvalue weighted by Gasteiger charge is -2.23. The molecule has 0 saturated carbocycles. The van der Waals surface area contributed by atoms with Crippen LogP contribution in [0.15, 0.2) is 77.8 Å². The van der Waals surface area contributed by atoms with Gasteiger partial charge in [0.1, 0.15) is 16.4 Å². The summed E-state index contributed by atoms with van der Waals surface area (Å²) in [5.74, 6) is 0.724. The number of hydrogen-bond donors (Lipinski definition) is 0. The van der Waals surface area contributed by atoms with Crippen molar-refractivity contribution in [2.45, 2.75) is 17.9 Å². The maximum absolute atomic E-state index is 13.6. The minimum atomic E-state index is -3.86. The molecule has 6 nitrogen and oxygen atoms in total. The highest BCUT2D eigenvalue weighted by molar-refractivity contribution is 7.89. The van der Waals surface area contributed by atoms with Crippen molar-refractivity contribution in [1.82, 2.24) is 9.29 Å². The van der Waals surface area contributed by atoms with E-state index in [1.54, 1.807) is 24.4 Å². The molecule has 7 heteroatoms. The highest BCUT2D eigenvalue weighted by atomic mass is 32.2. The summed E-state index contributed by atoms with van der Waals surface area (Å²) in [6, 6.07) is 20.0. The first-order valence-electron chi connectivity index (χ1n) is 9.20. The summed E-state index contributed by atoms with van der Waals surface area (Å²) in [4.78, 5) is 4.37. The van der Waals surface area contributed by atoms with Crippen LogP contribution in [0.2, 0.25) is 0 Å². The maximum Gasteiger partial charge on any atom is 0.247 e. The Kier molecular flexibility index (Phi) is 6.85. The SMILES string of the molecule is COc1ccc(OC)c(S(=O)(=O)N(CCc2ccccc2)Cc2ccccn2)c1. The maximum atomic E-state index is 13.6. The predicted octanol–water partition coefficient (Wildman–Crippen LogP) is 3.53. The number of methoxy groups -OCH3 is 2. The van der Waals surface area contributed by atoms with Gasteiger partial charge in [0.25, 0.3) is 0 Å². The average molecular weight is 413 g/mol. The second kappa shape index (κ2) is 9.54. The van der Waals surface area contributed by atoms with Crippen LogP contribution in [0.5, 0.6) is 11.5 Å². The molecular formula is C22H24N2O4S. The Morgan fingerprint density at radius 3 is 2.34 bits per heavy atom. The molecule has 0 spiro atoms. The van der Waals surface area contributed by atoms with Gasteiger partial charge in [-0.15, -0.1) is 0 Å². The van der Waals surface area contributed by atoms with E-state index in [2.05, 4.69) is 4.98 Å². The van der Waals surface area contributed by atoms with Crippen molar-refractivity contribution in [1.29, 1.82) is 0 Å². The van der Waals surface area contributed by atoms with Crippen molar-refractivity contribution in [3.63, 3.8) is 0 Å². The number of pyridine rings is 1. The number of sulfonamides is 1. The molecule has 3 rings (SSSR count). The van der Waals surface area contributed by atoms with Gasteiger partial charge in [-0.1, -0.05) is 36.4 Å². The highest BCUT2D eigenvalue weighted by Crippen LogP contribution is 2.31. The lowest BCUT2D eigenvalue weighted by molar-refractivity contribution is 0.379. The molecule has 29 heavy (non-hydrogen) atoms. The van der Waals surface area contributed by atoms with Crippen LogP contribution in [-0.2, 0) is 23.0 Å². The van der Waals surface area contributed by atoms with Crippen molar-refractivity contribution in [3.8, 4) is 11.5 Å². The van der Waals surface area contributed by atoms with Crippen LogP contribution in [0, 0.1) is 0 Å². The van der Waals surface area contributed by atoms with Gasteiger partial charge in [0.05, 0.1) is 26.5 Å². The molecule has 1 aromatic heterocycles. The first kappa shape index (κ1) is 20.8. The molecule has 0 fully saturated rings. The van der Waals surface area contributed by atoms with Crippen molar-refractivity contribution in [3.05, 3.63) is 84.2 Å². The minimum Gasteiger partial charge on any atom is -0.497 e. The van der Waals surface area contributed by atoms with E-state index in [0.717, 1.165) is 5.56 Å². The fourth-order valence-electron chi connectivity index (χ4n) is 2.98. The summed E-state index contributed by atoms with van der Waals surface area (Å²) in [6.45, 7) is 0.472. The number of aromatic nitrogens is 1. The van der Waals surface area contributed by atoms with Crippen molar-refractivity contribution >= 4 is 10.0 Å². The van der Waals surface area contributed by atoms with E-state index >= 15 is 0 Å². The van der Waals surface area contributed by atoms with E-state index in [0.29, 0.717) is 24.4 Å². The smallest absolute Gasteiger partial charge is 0.247 e. The zero-order valence-corrected chi connectivity index (χ0v) is 17.3. The van der Waals surface area contributed by atoms with Gasteiger partial charge in [-0.2, -0.15) is 4.31 Å². The molecule has 0 aliphatic rings. The molecule has 0 saturated heterocycles. The Hall–Kier alpha value is -2.90. The van der Waals surface area contributed by atoms with Gasteiger partial charge in [-0.25, -0.2) is 8.42 Å². The Labute approximate surface area is 171 Å². The monoisotopic (exact) mass is 412 g/mol. The molecule has 2 aromatic carbocycles. The first-order chi connectivity index (χ1) is 14.0. The molecule has 152 valence electrons. The summed E-state index contributed by atoms with van der Waals surface area (Å²) >= 11 is 0. The number of hydrogen-bond acceptors (Lipinski definition) is 5. The molecule has 0 bridgehead atoms. The Bertz CT molecular complexity index is 1030. The van der Waals surface area contributed by atoms with Gasteiger partial charge in [-0.3, -0.25) is 4.98 Å². The van der Waals surface area contributed by atoms with E-state index in [-0.39, 0.29) is 17.2 Å². The van der Waals surface area contributed by atoms with E-state index in [1.165, 1.54) is 24.6 Å². The zero-order chi connectivity index (χ0) is 20.7. The summed E-state index contributed by atoms with van der Waals surface area (Å²) in [5.41, 5.74) is 1.73. The molecule has 0 radical (unpaired) electrons. The lowest BCUT2D eigenvalue weighted by Crippen LogP contribution is -2.33. The molecule has 0 aliphatic heterocycles.